The Morgan fingerprint density at radius 1 is 0.875 bits per heavy atom. The highest BCUT2D eigenvalue weighted by Crippen LogP contribution is 2.39. The van der Waals surface area contributed by atoms with Crippen LogP contribution in [0.3, 0.4) is 0 Å². The zero-order valence-electron chi connectivity index (χ0n) is 15.6. The molecule has 0 saturated heterocycles. The molecule has 0 spiro atoms. The summed E-state index contributed by atoms with van der Waals surface area (Å²) in [5.41, 5.74) is 2.38. The van der Waals surface area contributed by atoms with Crippen molar-refractivity contribution in [3.63, 3.8) is 0 Å². The maximum Gasteiger partial charge on any atom is 0.193 e. The summed E-state index contributed by atoms with van der Waals surface area (Å²) in [4.78, 5) is 0. The highest BCUT2D eigenvalue weighted by Gasteiger charge is 2.39. The van der Waals surface area contributed by atoms with Crippen LogP contribution in [0.2, 0.25) is 18.1 Å². The zero-order valence-corrected chi connectivity index (χ0v) is 16.6. The average Bonchev–Trinajstić information content (AvgIpc) is 2.54. The minimum Gasteiger partial charge on any atom is -0.408 e. The molecular formula is C21H30O2Si. The first-order valence-corrected chi connectivity index (χ1v) is 11.5. The summed E-state index contributed by atoms with van der Waals surface area (Å²) in [6.45, 7) is 12.6. The summed E-state index contributed by atoms with van der Waals surface area (Å²) < 4.78 is 12.6. The minimum atomic E-state index is -1.86. The summed E-state index contributed by atoms with van der Waals surface area (Å²) in [5, 5.41) is 0.180. The molecule has 0 aliphatic heterocycles. The van der Waals surface area contributed by atoms with E-state index in [1.165, 1.54) is 11.1 Å². The van der Waals surface area contributed by atoms with Gasteiger partial charge in [0.05, 0.1) is 19.3 Å². The molecule has 0 bridgehead atoms. The van der Waals surface area contributed by atoms with Crippen molar-refractivity contribution in [3.8, 4) is 0 Å². The third kappa shape index (κ3) is 5.30. The van der Waals surface area contributed by atoms with Crippen LogP contribution in [0.1, 0.15) is 38.0 Å². The van der Waals surface area contributed by atoms with E-state index in [0.717, 1.165) is 0 Å². The third-order valence-corrected chi connectivity index (χ3v) is 9.28. The molecule has 0 fully saturated rings. The summed E-state index contributed by atoms with van der Waals surface area (Å²) >= 11 is 0. The average molecular weight is 343 g/mol. The van der Waals surface area contributed by atoms with Crippen LogP contribution >= 0.6 is 0 Å². The lowest BCUT2D eigenvalue weighted by atomic mass is 10.1. The van der Waals surface area contributed by atoms with Crippen molar-refractivity contribution in [1.29, 1.82) is 0 Å². The van der Waals surface area contributed by atoms with Gasteiger partial charge in [-0.3, -0.25) is 0 Å². The smallest absolute Gasteiger partial charge is 0.193 e. The van der Waals surface area contributed by atoms with E-state index in [0.29, 0.717) is 13.2 Å². The Bertz CT molecular complexity index is 603. The first-order chi connectivity index (χ1) is 11.3. The minimum absolute atomic E-state index is 0.0178. The Balaban J connectivity index is 2.06. The van der Waals surface area contributed by atoms with E-state index in [1.807, 2.05) is 24.3 Å². The fourth-order valence-corrected chi connectivity index (χ4v) is 3.53. The molecule has 1 atom stereocenters. The number of benzene rings is 2. The van der Waals surface area contributed by atoms with Gasteiger partial charge < -0.3 is 9.16 Å². The standard InChI is InChI=1S/C21H30O2Si/c1-21(2,3)24(4,5)23-20(19-14-10-7-11-15-19)17-22-16-18-12-8-6-9-13-18/h6-15,20H,16-17H2,1-5H3. The molecule has 0 radical (unpaired) electrons. The molecule has 0 aromatic heterocycles. The topological polar surface area (TPSA) is 18.5 Å². The molecule has 3 heteroatoms. The lowest BCUT2D eigenvalue weighted by molar-refractivity contribution is 0.0337. The van der Waals surface area contributed by atoms with Gasteiger partial charge in [-0.2, -0.15) is 0 Å². The Morgan fingerprint density at radius 3 is 1.96 bits per heavy atom. The van der Waals surface area contributed by atoms with Gasteiger partial charge in [0.1, 0.15) is 0 Å². The van der Waals surface area contributed by atoms with E-state index < -0.39 is 8.32 Å². The Labute approximate surface area is 148 Å². The first kappa shape index (κ1) is 18.9. The largest absolute Gasteiger partial charge is 0.408 e. The normalized spacial score (nSPS) is 13.7. The van der Waals surface area contributed by atoms with Crippen molar-refractivity contribution >= 4 is 8.32 Å². The monoisotopic (exact) mass is 342 g/mol. The second-order valence-corrected chi connectivity index (χ2v) is 12.5. The van der Waals surface area contributed by atoms with Crippen molar-refractivity contribution in [3.05, 3.63) is 71.8 Å². The Morgan fingerprint density at radius 2 is 1.42 bits per heavy atom. The predicted molar refractivity (Wildman–Crippen MR) is 104 cm³/mol. The molecule has 0 aliphatic rings. The maximum atomic E-state index is 6.64. The second-order valence-electron chi connectivity index (χ2n) is 7.78. The molecule has 0 amide bonds. The van der Waals surface area contributed by atoms with E-state index >= 15 is 0 Å². The number of rotatable bonds is 7. The van der Waals surface area contributed by atoms with Gasteiger partial charge in [-0.25, -0.2) is 0 Å². The van der Waals surface area contributed by atoms with Gasteiger partial charge in [0.25, 0.3) is 0 Å². The van der Waals surface area contributed by atoms with Crippen molar-refractivity contribution in [2.24, 2.45) is 0 Å². The molecular weight excluding hydrogens is 312 g/mol. The highest BCUT2D eigenvalue weighted by atomic mass is 28.4. The fraction of sp³-hybridized carbons (Fsp3) is 0.429. The lowest BCUT2D eigenvalue weighted by Gasteiger charge is -2.39. The van der Waals surface area contributed by atoms with Crippen LogP contribution in [0, 0.1) is 0 Å². The lowest BCUT2D eigenvalue weighted by Crippen LogP contribution is -2.42. The highest BCUT2D eigenvalue weighted by molar-refractivity contribution is 6.74. The summed E-state index contributed by atoms with van der Waals surface area (Å²) in [6.07, 6.45) is -0.0178. The summed E-state index contributed by atoms with van der Waals surface area (Å²) in [6, 6.07) is 20.7. The van der Waals surface area contributed by atoms with E-state index in [9.17, 15) is 0 Å². The quantitative estimate of drug-likeness (QED) is 0.577. The summed E-state index contributed by atoms with van der Waals surface area (Å²) in [5.74, 6) is 0. The van der Waals surface area contributed by atoms with Gasteiger partial charge in [0.15, 0.2) is 8.32 Å². The molecule has 0 heterocycles. The first-order valence-electron chi connectivity index (χ1n) is 8.64. The van der Waals surface area contributed by atoms with E-state index in [2.05, 4.69) is 70.3 Å². The second kappa shape index (κ2) is 8.10. The fourth-order valence-electron chi connectivity index (χ4n) is 2.26. The SMILES string of the molecule is CC(C)(C)[Si](C)(C)OC(COCc1ccccc1)c1ccccc1. The van der Waals surface area contributed by atoms with Crippen LogP contribution in [0.5, 0.6) is 0 Å². The van der Waals surface area contributed by atoms with Gasteiger partial charge in [-0.05, 0) is 29.3 Å². The predicted octanol–water partition coefficient (Wildman–Crippen LogP) is 5.97. The number of hydrogen-bond acceptors (Lipinski definition) is 2. The van der Waals surface area contributed by atoms with Crippen molar-refractivity contribution in [2.75, 3.05) is 6.61 Å². The third-order valence-electron chi connectivity index (χ3n) is 4.80. The van der Waals surface area contributed by atoms with Gasteiger partial charge in [-0.1, -0.05) is 81.4 Å². The number of hydrogen-bond donors (Lipinski definition) is 0. The van der Waals surface area contributed by atoms with Crippen LogP contribution in [-0.2, 0) is 15.8 Å². The Hall–Kier alpha value is -1.42. The molecule has 130 valence electrons. The molecule has 1 unspecified atom stereocenters. The van der Waals surface area contributed by atoms with Crippen molar-refractivity contribution in [1.82, 2.24) is 0 Å². The molecule has 2 aromatic carbocycles. The number of ether oxygens (including phenoxy) is 1. The molecule has 24 heavy (non-hydrogen) atoms. The van der Waals surface area contributed by atoms with Crippen molar-refractivity contribution in [2.45, 2.75) is 51.6 Å². The molecule has 2 nitrogen and oxygen atoms in total. The van der Waals surface area contributed by atoms with Crippen LogP contribution in [-0.4, -0.2) is 14.9 Å². The van der Waals surface area contributed by atoms with Crippen LogP contribution < -0.4 is 0 Å². The van der Waals surface area contributed by atoms with Crippen LogP contribution in [0.25, 0.3) is 0 Å². The molecule has 0 aliphatic carbocycles. The van der Waals surface area contributed by atoms with Gasteiger partial charge in [-0.15, -0.1) is 0 Å². The van der Waals surface area contributed by atoms with E-state index in [4.69, 9.17) is 9.16 Å². The molecule has 0 saturated carbocycles. The Kier molecular flexibility index (Phi) is 6.38. The molecule has 0 N–H and O–H groups in total. The van der Waals surface area contributed by atoms with E-state index in [1.54, 1.807) is 0 Å². The molecule has 2 rings (SSSR count). The van der Waals surface area contributed by atoms with Crippen LogP contribution in [0.4, 0.5) is 0 Å². The van der Waals surface area contributed by atoms with Gasteiger partial charge in [0, 0.05) is 0 Å². The molecule has 2 aromatic rings. The van der Waals surface area contributed by atoms with Gasteiger partial charge in [0.2, 0.25) is 0 Å². The van der Waals surface area contributed by atoms with Gasteiger partial charge >= 0.3 is 0 Å². The summed E-state index contributed by atoms with van der Waals surface area (Å²) in [7, 11) is -1.86. The maximum absolute atomic E-state index is 6.64. The van der Waals surface area contributed by atoms with Crippen molar-refractivity contribution < 1.29 is 9.16 Å². The zero-order chi connectivity index (χ0) is 17.6. The van der Waals surface area contributed by atoms with Crippen LogP contribution in [0.15, 0.2) is 60.7 Å². The van der Waals surface area contributed by atoms with E-state index in [-0.39, 0.29) is 11.1 Å².